The molecular formula is C18H16N2O3S2. The fourth-order valence-electron chi connectivity index (χ4n) is 2.15. The topological polar surface area (TPSA) is 75.3 Å². The van der Waals surface area contributed by atoms with Gasteiger partial charge in [0, 0.05) is 16.8 Å². The molecule has 0 saturated carbocycles. The molecular weight excluding hydrogens is 356 g/mol. The van der Waals surface area contributed by atoms with Crippen molar-refractivity contribution in [2.75, 3.05) is 10.0 Å². The van der Waals surface area contributed by atoms with E-state index in [-0.39, 0.29) is 10.8 Å². The van der Waals surface area contributed by atoms with E-state index in [1.807, 2.05) is 12.3 Å². The van der Waals surface area contributed by atoms with Gasteiger partial charge in [0.05, 0.1) is 10.5 Å². The van der Waals surface area contributed by atoms with Gasteiger partial charge in [0.1, 0.15) is 0 Å². The van der Waals surface area contributed by atoms with Crippen molar-refractivity contribution >= 4 is 38.6 Å². The number of carbonyl (C=O) groups excluding carboxylic acids is 1. The average Bonchev–Trinajstić information content (AvgIpc) is 3.11. The highest BCUT2D eigenvalue weighted by Gasteiger charge is 2.14. The quantitative estimate of drug-likeness (QED) is 0.708. The van der Waals surface area contributed by atoms with E-state index in [0.717, 1.165) is 5.56 Å². The minimum absolute atomic E-state index is 0.200. The van der Waals surface area contributed by atoms with Crippen molar-refractivity contribution in [3.63, 3.8) is 0 Å². The average molecular weight is 372 g/mol. The summed E-state index contributed by atoms with van der Waals surface area (Å²) in [4.78, 5) is 12.2. The Labute approximate surface area is 150 Å². The number of aryl methyl sites for hydroxylation is 1. The molecule has 3 aromatic rings. The van der Waals surface area contributed by atoms with Crippen molar-refractivity contribution in [3.05, 3.63) is 76.5 Å². The molecule has 0 atom stereocenters. The van der Waals surface area contributed by atoms with Crippen LogP contribution < -0.4 is 10.0 Å². The fraction of sp³-hybridized carbons (Fsp3) is 0.0556. The second kappa shape index (κ2) is 7.08. The first-order chi connectivity index (χ1) is 11.9. The van der Waals surface area contributed by atoms with E-state index in [4.69, 9.17) is 0 Å². The number of rotatable bonds is 5. The molecule has 0 fully saturated rings. The summed E-state index contributed by atoms with van der Waals surface area (Å²) in [6.45, 7) is 1.90. The second-order valence-electron chi connectivity index (χ2n) is 5.46. The summed E-state index contributed by atoms with van der Waals surface area (Å²) in [5.41, 5.74) is 2.60. The van der Waals surface area contributed by atoms with Crippen LogP contribution in [0, 0.1) is 6.92 Å². The van der Waals surface area contributed by atoms with E-state index >= 15 is 0 Å². The lowest BCUT2D eigenvalue weighted by Gasteiger charge is -2.09. The summed E-state index contributed by atoms with van der Waals surface area (Å²) in [7, 11) is -3.64. The van der Waals surface area contributed by atoms with Crippen LogP contribution in [-0.4, -0.2) is 14.3 Å². The normalized spacial score (nSPS) is 11.1. The summed E-state index contributed by atoms with van der Waals surface area (Å²) in [5.74, 6) is -0.200. The van der Waals surface area contributed by atoms with Gasteiger partial charge in [-0.3, -0.25) is 9.52 Å². The monoisotopic (exact) mass is 372 g/mol. The lowest BCUT2D eigenvalue weighted by Crippen LogP contribution is -2.13. The number of anilines is 2. The van der Waals surface area contributed by atoms with Crippen molar-refractivity contribution in [3.8, 4) is 0 Å². The van der Waals surface area contributed by atoms with Crippen LogP contribution in [-0.2, 0) is 10.0 Å². The van der Waals surface area contributed by atoms with Crippen molar-refractivity contribution in [1.82, 2.24) is 0 Å². The zero-order valence-corrected chi connectivity index (χ0v) is 15.0. The summed E-state index contributed by atoms with van der Waals surface area (Å²) in [6, 6.07) is 14.9. The Morgan fingerprint density at radius 1 is 0.920 bits per heavy atom. The van der Waals surface area contributed by atoms with Crippen molar-refractivity contribution in [2.24, 2.45) is 0 Å². The molecule has 128 valence electrons. The Balaban J connectivity index is 1.70. The third kappa shape index (κ3) is 4.26. The van der Waals surface area contributed by atoms with Crippen LogP contribution in [0.5, 0.6) is 0 Å². The number of benzene rings is 2. The third-order valence-electron chi connectivity index (χ3n) is 3.51. The number of carbonyl (C=O) groups is 1. The number of amides is 1. The number of sulfonamides is 1. The first-order valence-corrected chi connectivity index (χ1v) is 9.90. The first kappa shape index (κ1) is 17.2. The van der Waals surface area contributed by atoms with E-state index in [9.17, 15) is 13.2 Å². The molecule has 5 nitrogen and oxygen atoms in total. The van der Waals surface area contributed by atoms with Crippen LogP contribution in [0.15, 0.2) is 70.3 Å². The molecule has 1 amide bonds. The molecule has 0 radical (unpaired) electrons. The molecule has 2 N–H and O–H groups in total. The molecule has 7 heteroatoms. The Hall–Kier alpha value is -2.64. The van der Waals surface area contributed by atoms with Gasteiger partial charge in [0.2, 0.25) is 0 Å². The van der Waals surface area contributed by atoms with Gasteiger partial charge in [-0.05, 0) is 54.8 Å². The van der Waals surface area contributed by atoms with Gasteiger partial charge < -0.3 is 5.32 Å². The van der Waals surface area contributed by atoms with Crippen molar-refractivity contribution in [1.29, 1.82) is 0 Å². The van der Waals surface area contributed by atoms with Crippen molar-refractivity contribution in [2.45, 2.75) is 11.8 Å². The SMILES string of the molecule is Cc1ccc(S(=O)(=O)Nc2ccc(NC(=O)c3ccsc3)cc2)cc1. The lowest BCUT2D eigenvalue weighted by atomic mass is 10.2. The van der Waals surface area contributed by atoms with Gasteiger partial charge in [-0.25, -0.2) is 8.42 Å². The maximum Gasteiger partial charge on any atom is 0.261 e. The van der Waals surface area contributed by atoms with Crippen LogP contribution >= 0.6 is 11.3 Å². The summed E-state index contributed by atoms with van der Waals surface area (Å²) in [6.07, 6.45) is 0. The predicted molar refractivity (Wildman–Crippen MR) is 101 cm³/mol. The molecule has 0 aliphatic heterocycles. The molecule has 25 heavy (non-hydrogen) atoms. The van der Waals surface area contributed by atoms with Gasteiger partial charge >= 0.3 is 0 Å². The first-order valence-electron chi connectivity index (χ1n) is 7.47. The van der Waals surface area contributed by atoms with Crippen LogP contribution in [0.4, 0.5) is 11.4 Å². The molecule has 3 rings (SSSR count). The Bertz CT molecular complexity index is 962. The van der Waals surface area contributed by atoms with Crippen LogP contribution in [0.25, 0.3) is 0 Å². The lowest BCUT2D eigenvalue weighted by molar-refractivity contribution is 0.102. The zero-order chi connectivity index (χ0) is 17.9. The molecule has 0 saturated heterocycles. The Morgan fingerprint density at radius 3 is 2.16 bits per heavy atom. The van der Waals surface area contributed by atoms with E-state index < -0.39 is 10.0 Å². The summed E-state index contributed by atoms with van der Waals surface area (Å²) < 4.78 is 27.2. The minimum Gasteiger partial charge on any atom is -0.322 e. The maximum atomic E-state index is 12.4. The molecule has 1 heterocycles. The summed E-state index contributed by atoms with van der Waals surface area (Å²) >= 11 is 1.45. The number of thiophene rings is 1. The van der Waals surface area contributed by atoms with E-state index in [0.29, 0.717) is 16.9 Å². The minimum atomic E-state index is -3.64. The van der Waals surface area contributed by atoms with Crippen LogP contribution in [0.2, 0.25) is 0 Å². The maximum absolute atomic E-state index is 12.4. The van der Waals surface area contributed by atoms with Gasteiger partial charge in [0.15, 0.2) is 0 Å². The number of nitrogens with one attached hydrogen (secondary N) is 2. The molecule has 1 aromatic heterocycles. The second-order valence-corrected chi connectivity index (χ2v) is 7.92. The predicted octanol–water partition coefficient (Wildman–Crippen LogP) is 4.11. The Kier molecular flexibility index (Phi) is 4.87. The van der Waals surface area contributed by atoms with Gasteiger partial charge in [0.25, 0.3) is 15.9 Å². The highest BCUT2D eigenvalue weighted by molar-refractivity contribution is 7.92. The summed E-state index contributed by atoms with van der Waals surface area (Å²) in [5, 5.41) is 6.36. The standard InChI is InChI=1S/C18H16N2O3S2/c1-13-2-8-17(9-3-13)25(22,23)20-16-6-4-15(5-7-16)19-18(21)14-10-11-24-12-14/h2-12,20H,1H3,(H,19,21). The number of hydrogen-bond acceptors (Lipinski definition) is 4. The smallest absolute Gasteiger partial charge is 0.261 e. The largest absolute Gasteiger partial charge is 0.322 e. The highest BCUT2D eigenvalue weighted by Crippen LogP contribution is 2.19. The molecule has 2 aromatic carbocycles. The molecule has 0 aliphatic carbocycles. The van der Waals surface area contributed by atoms with E-state index in [1.54, 1.807) is 60.0 Å². The Morgan fingerprint density at radius 2 is 1.56 bits per heavy atom. The van der Waals surface area contributed by atoms with Crippen LogP contribution in [0.1, 0.15) is 15.9 Å². The van der Waals surface area contributed by atoms with Gasteiger partial charge in [-0.1, -0.05) is 17.7 Å². The van der Waals surface area contributed by atoms with Crippen molar-refractivity contribution < 1.29 is 13.2 Å². The number of hydrogen-bond donors (Lipinski definition) is 2. The van der Waals surface area contributed by atoms with Crippen LogP contribution in [0.3, 0.4) is 0 Å². The van der Waals surface area contributed by atoms with Gasteiger partial charge in [-0.2, -0.15) is 11.3 Å². The van der Waals surface area contributed by atoms with Gasteiger partial charge in [-0.15, -0.1) is 0 Å². The molecule has 0 bridgehead atoms. The fourth-order valence-corrected chi connectivity index (χ4v) is 3.84. The third-order valence-corrected chi connectivity index (χ3v) is 5.59. The van der Waals surface area contributed by atoms with E-state index in [1.165, 1.54) is 11.3 Å². The zero-order valence-electron chi connectivity index (χ0n) is 13.4. The van der Waals surface area contributed by atoms with E-state index in [2.05, 4.69) is 10.0 Å². The molecule has 0 spiro atoms. The molecule has 0 aliphatic rings. The molecule has 0 unspecified atom stereocenters. The highest BCUT2D eigenvalue weighted by atomic mass is 32.2.